The summed E-state index contributed by atoms with van der Waals surface area (Å²) in [6.45, 7) is 5.65. The molecule has 1 aromatic rings. The average Bonchev–Trinajstić information content (AvgIpc) is 3.15. The van der Waals surface area contributed by atoms with E-state index in [-0.39, 0.29) is 30.7 Å². The summed E-state index contributed by atoms with van der Waals surface area (Å²) in [5.41, 5.74) is 0.902. The maximum atomic E-state index is 12.6. The van der Waals surface area contributed by atoms with Gasteiger partial charge in [-0.05, 0) is 31.7 Å². The molecule has 1 fully saturated rings. The Morgan fingerprint density at radius 3 is 2.45 bits per heavy atom. The summed E-state index contributed by atoms with van der Waals surface area (Å²) in [6, 6.07) is 9.40. The third kappa shape index (κ3) is 6.71. The minimum atomic E-state index is -3.59. The van der Waals surface area contributed by atoms with Gasteiger partial charge in [-0.3, -0.25) is 4.79 Å². The van der Waals surface area contributed by atoms with Gasteiger partial charge < -0.3 is 14.5 Å². The van der Waals surface area contributed by atoms with Crippen LogP contribution < -0.4 is 0 Å². The lowest BCUT2D eigenvalue weighted by molar-refractivity contribution is -0.130. The van der Waals surface area contributed by atoms with Crippen molar-refractivity contribution in [2.24, 2.45) is 5.92 Å². The smallest absolute Gasteiger partial charge is 0.410 e. The van der Waals surface area contributed by atoms with Crippen LogP contribution in [0.5, 0.6) is 0 Å². The molecule has 0 bridgehead atoms. The molecular formula is C20H31N3O5S. The number of likely N-dealkylation sites (tertiary alicyclic amines) is 1. The molecule has 9 heteroatoms. The van der Waals surface area contributed by atoms with E-state index in [2.05, 4.69) is 0 Å². The summed E-state index contributed by atoms with van der Waals surface area (Å²) in [7, 11) is -2.16. The van der Waals surface area contributed by atoms with Gasteiger partial charge in [-0.15, -0.1) is 0 Å². The number of likely N-dealkylation sites (N-methyl/N-ethyl adjacent to an activating group) is 2. The highest BCUT2D eigenvalue weighted by atomic mass is 32.2. The Morgan fingerprint density at radius 1 is 1.17 bits per heavy atom. The molecule has 1 heterocycles. The highest BCUT2D eigenvalue weighted by Crippen LogP contribution is 2.20. The van der Waals surface area contributed by atoms with Crippen LogP contribution in [0, 0.1) is 5.92 Å². The van der Waals surface area contributed by atoms with Crippen LogP contribution in [0.15, 0.2) is 30.3 Å². The Morgan fingerprint density at radius 2 is 1.83 bits per heavy atom. The zero-order valence-corrected chi connectivity index (χ0v) is 18.2. The molecule has 0 N–H and O–H groups in total. The van der Waals surface area contributed by atoms with Crippen LogP contribution in [-0.2, 0) is 26.2 Å². The van der Waals surface area contributed by atoms with Crippen LogP contribution in [0.4, 0.5) is 4.79 Å². The van der Waals surface area contributed by atoms with Crippen LogP contribution in [0.25, 0.3) is 0 Å². The zero-order valence-electron chi connectivity index (χ0n) is 17.4. The normalized spacial score (nSPS) is 16.8. The molecule has 2 amide bonds. The number of carbonyl (C=O) groups excluding carboxylic acids is 2. The summed E-state index contributed by atoms with van der Waals surface area (Å²) in [6.07, 6.45) is 0.163. The lowest BCUT2D eigenvalue weighted by atomic mass is 10.2. The summed E-state index contributed by atoms with van der Waals surface area (Å²) >= 11 is 0. The van der Waals surface area contributed by atoms with Crippen LogP contribution in [0.2, 0.25) is 0 Å². The third-order valence-corrected chi connectivity index (χ3v) is 7.12. The predicted molar refractivity (Wildman–Crippen MR) is 111 cm³/mol. The van der Waals surface area contributed by atoms with E-state index in [4.69, 9.17) is 4.74 Å². The molecule has 1 aliphatic rings. The molecular weight excluding hydrogens is 394 g/mol. The first-order chi connectivity index (χ1) is 13.8. The fraction of sp³-hybridized carbons (Fsp3) is 0.600. The van der Waals surface area contributed by atoms with E-state index in [0.717, 1.165) is 9.87 Å². The molecule has 2 rings (SSSR count). The largest absolute Gasteiger partial charge is 0.445 e. The van der Waals surface area contributed by atoms with Gasteiger partial charge in [0.05, 0.1) is 12.3 Å². The van der Waals surface area contributed by atoms with Crippen molar-refractivity contribution in [3.8, 4) is 0 Å². The number of amides is 2. The van der Waals surface area contributed by atoms with Gasteiger partial charge in [0.15, 0.2) is 0 Å². The summed E-state index contributed by atoms with van der Waals surface area (Å²) in [4.78, 5) is 27.6. The Labute approximate surface area is 173 Å². The van der Waals surface area contributed by atoms with E-state index in [1.54, 1.807) is 9.80 Å². The summed E-state index contributed by atoms with van der Waals surface area (Å²) in [5, 5.41) is 0. The Hall–Kier alpha value is -2.13. The molecule has 0 aromatic heterocycles. The number of hydrogen-bond acceptors (Lipinski definition) is 5. The van der Waals surface area contributed by atoms with E-state index in [9.17, 15) is 18.0 Å². The second-order valence-corrected chi connectivity index (χ2v) is 9.36. The van der Waals surface area contributed by atoms with E-state index in [0.29, 0.717) is 32.6 Å². The van der Waals surface area contributed by atoms with Gasteiger partial charge in [0.2, 0.25) is 15.9 Å². The van der Waals surface area contributed by atoms with Crippen molar-refractivity contribution in [2.45, 2.75) is 26.9 Å². The number of ether oxygens (including phenoxy) is 1. The van der Waals surface area contributed by atoms with E-state index in [1.807, 2.05) is 44.2 Å². The highest BCUT2D eigenvalue weighted by molar-refractivity contribution is 7.89. The van der Waals surface area contributed by atoms with Crippen LogP contribution >= 0.6 is 0 Å². The van der Waals surface area contributed by atoms with Crippen molar-refractivity contribution < 1.29 is 22.7 Å². The van der Waals surface area contributed by atoms with E-state index in [1.165, 1.54) is 7.05 Å². The second kappa shape index (κ2) is 10.6. The molecule has 1 saturated heterocycles. The van der Waals surface area contributed by atoms with Crippen molar-refractivity contribution in [1.29, 1.82) is 0 Å². The van der Waals surface area contributed by atoms with Gasteiger partial charge in [0, 0.05) is 33.2 Å². The van der Waals surface area contributed by atoms with Crippen molar-refractivity contribution in [3.05, 3.63) is 35.9 Å². The fourth-order valence-electron chi connectivity index (χ4n) is 3.34. The summed E-state index contributed by atoms with van der Waals surface area (Å²) < 4.78 is 31.7. The van der Waals surface area contributed by atoms with Gasteiger partial charge in [0.25, 0.3) is 0 Å². The molecule has 1 aliphatic heterocycles. The topological polar surface area (TPSA) is 87.2 Å². The summed E-state index contributed by atoms with van der Waals surface area (Å²) in [5.74, 6) is -0.466. The second-order valence-electron chi connectivity index (χ2n) is 7.24. The van der Waals surface area contributed by atoms with Gasteiger partial charge in [-0.2, -0.15) is 4.31 Å². The molecule has 1 atom stereocenters. The first kappa shape index (κ1) is 23.2. The molecule has 162 valence electrons. The van der Waals surface area contributed by atoms with Crippen molar-refractivity contribution >= 4 is 22.0 Å². The quantitative estimate of drug-likeness (QED) is 0.602. The monoisotopic (exact) mass is 425 g/mol. The lowest BCUT2D eigenvalue weighted by Gasteiger charge is -2.24. The number of sulfonamides is 1. The van der Waals surface area contributed by atoms with Crippen molar-refractivity contribution in [2.75, 3.05) is 45.5 Å². The molecule has 1 aromatic carbocycles. The van der Waals surface area contributed by atoms with Crippen LogP contribution in [-0.4, -0.2) is 80.0 Å². The van der Waals surface area contributed by atoms with Gasteiger partial charge >= 0.3 is 6.09 Å². The predicted octanol–water partition coefficient (Wildman–Crippen LogP) is 1.78. The molecule has 0 saturated carbocycles. The lowest BCUT2D eigenvalue weighted by Crippen LogP contribution is -2.42. The van der Waals surface area contributed by atoms with Gasteiger partial charge in [-0.1, -0.05) is 30.3 Å². The SMILES string of the molecule is CCN(CC)C(=O)CN(C)S(=O)(=O)CC1CCN(C(=O)OCc2ccccc2)C1. The molecule has 0 radical (unpaired) electrons. The van der Waals surface area contributed by atoms with Gasteiger partial charge in [-0.25, -0.2) is 13.2 Å². The zero-order chi connectivity index (χ0) is 21.4. The fourth-order valence-corrected chi connectivity index (χ4v) is 4.76. The Kier molecular flexibility index (Phi) is 8.45. The molecule has 8 nitrogen and oxygen atoms in total. The molecule has 29 heavy (non-hydrogen) atoms. The van der Waals surface area contributed by atoms with Crippen LogP contribution in [0.1, 0.15) is 25.8 Å². The number of rotatable bonds is 9. The number of carbonyl (C=O) groups is 2. The molecule has 0 aliphatic carbocycles. The van der Waals surface area contributed by atoms with Crippen molar-refractivity contribution in [3.63, 3.8) is 0 Å². The van der Waals surface area contributed by atoms with E-state index >= 15 is 0 Å². The van der Waals surface area contributed by atoms with Crippen molar-refractivity contribution in [1.82, 2.24) is 14.1 Å². The minimum Gasteiger partial charge on any atom is -0.445 e. The molecule has 0 spiro atoms. The standard InChI is InChI=1S/C20H31N3O5S/c1-4-22(5-2)19(24)14-21(3)29(26,27)16-18-11-12-23(13-18)20(25)28-15-17-9-7-6-8-10-17/h6-10,18H,4-5,11-16H2,1-3H3. The number of nitrogens with zero attached hydrogens (tertiary/aromatic N) is 3. The Balaban J connectivity index is 1.82. The number of hydrogen-bond donors (Lipinski definition) is 0. The minimum absolute atomic E-state index is 0.0858. The number of benzene rings is 1. The molecule has 1 unspecified atom stereocenters. The van der Waals surface area contributed by atoms with Gasteiger partial charge in [0.1, 0.15) is 6.61 Å². The first-order valence-electron chi connectivity index (χ1n) is 9.94. The highest BCUT2D eigenvalue weighted by Gasteiger charge is 2.33. The maximum Gasteiger partial charge on any atom is 0.410 e. The third-order valence-electron chi connectivity index (χ3n) is 5.14. The maximum absolute atomic E-state index is 12.6. The Bertz CT molecular complexity index is 781. The first-order valence-corrected chi connectivity index (χ1v) is 11.5. The van der Waals surface area contributed by atoms with E-state index < -0.39 is 16.1 Å². The average molecular weight is 426 g/mol. The van der Waals surface area contributed by atoms with Crippen LogP contribution in [0.3, 0.4) is 0 Å².